The summed E-state index contributed by atoms with van der Waals surface area (Å²) in [6.45, 7) is 4.19. The lowest BCUT2D eigenvalue weighted by Gasteiger charge is -2.17. The van der Waals surface area contributed by atoms with Gasteiger partial charge in [-0.2, -0.15) is 0 Å². The first-order valence-electron chi connectivity index (χ1n) is 7.16. The molecule has 2 rings (SSSR count). The number of aryl methyl sites for hydroxylation is 1. The molecule has 1 aromatic carbocycles. The van der Waals surface area contributed by atoms with E-state index in [4.69, 9.17) is 0 Å². The number of carbonyl (C=O) groups excluding carboxylic acids is 1. The first kappa shape index (κ1) is 13.9. The van der Waals surface area contributed by atoms with Crippen LogP contribution in [0.2, 0.25) is 0 Å². The number of amides is 1. The molecule has 1 aromatic rings. The molecule has 2 atom stereocenters. The molecule has 0 aromatic heterocycles. The van der Waals surface area contributed by atoms with E-state index in [2.05, 4.69) is 12.2 Å². The molecule has 0 saturated heterocycles. The van der Waals surface area contributed by atoms with Crippen LogP contribution in [0.15, 0.2) is 18.2 Å². The van der Waals surface area contributed by atoms with Gasteiger partial charge in [0.1, 0.15) is 5.75 Å². The van der Waals surface area contributed by atoms with Crippen molar-refractivity contribution in [1.29, 1.82) is 0 Å². The fourth-order valence-electron chi connectivity index (χ4n) is 2.73. The molecule has 3 nitrogen and oxygen atoms in total. The van der Waals surface area contributed by atoms with Gasteiger partial charge in [0.15, 0.2) is 0 Å². The van der Waals surface area contributed by atoms with Gasteiger partial charge >= 0.3 is 0 Å². The van der Waals surface area contributed by atoms with E-state index in [1.807, 2.05) is 6.92 Å². The number of hydrogen-bond acceptors (Lipinski definition) is 2. The molecule has 2 unspecified atom stereocenters. The quantitative estimate of drug-likeness (QED) is 0.802. The number of phenols is 1. The molecule has 0 bridgehead atoms. The van der Waals surface area contributed by atoms with Gasteiger partial charge in [0.2, 0.25) is 0 Å². The van der Waals surface area contributed by atoms with Crippen molar-refractivity contribution in [3.63, 3.8) is 0 Å². The van der Waals surface area contributed by atoms with Gasteiger partial charge in [0, 0.05) is 6.04 Å². The van der Waals surface area contributed by atoms with Crippen LogP contribution in [0.1, 0.15) is 54.9 Å². The van der Waals surface area contributed by atoms with Crippen LogP contribution in [0, 0.1) is 12.8 Å². The minimum absolute atomic E-state index is 0.0603. The molecule has 104 valence electrons. The zero-order chi connectivity index (χ0) is 13.8. The fourth-order valence-corrected chi connectivity index (χ4v) is 2.73. The van der Waals surface area contributed by atoms with Crippen LogP contribution in [0.4, 0.5) is 0 Å². The molecule has 19 heavy (non-hydrogen) atoms. The maximum Gasteiger partial charge on any atom is 0.255 e. The average Bonchev–Trinajstić information content (AvgIpc) is 2.57. The Morgan fingerprint density at radius 2 is 2.05 bits per heavy atom. The van der Waals surface area contributed by atoms with Crippen LogP contribution >= 0.6 is 0 Å². The second-order valence-corrected chi connectivity index (χ2v) is 5.80. The Morgan fingerprint density at radius 3 is 2.84 bits per heavy atom. The Bertz CT molecular complexity index is 456. The Hall–Kier alpha value is -1.51. The van der Waals surface area contributed by atoms with Crippen LogP contribution in [0.3, 0.4) is 0 Å². The van der Waals surface area contributed by atoms with Crippen LogP contribution in [-0.4, -0.2) is 17.1 Å². The van der Waals surface area contributed by atoms with Crippen molar-refractivity contribution in [2.24, 2.45) is 5.92 Å². The summed E-state index contributed by atoms with van der Waals surface area (Å²) in [5.41, 5.74) is 1.37. The number of benzene rings is 1. The highest BCUT2D eigenvalue weighted by atomic mass is 16.3. The van der Waals surface area contributed by atoms with E-state index in [9.17, 15) is 9.90 Å². The molecule has 0 spiro atoms. The summed E-state index contributed by atoms with van der Waals surface area (Å²) in [5, 5.41) is 12.8. The summed E-state index contributed by atoms with van der Waals surface area (Å²) in [4.78, 5) is 12.2. The predicted octanol–water partition coefficient (Wildman–Crippen LogP) is 3.40. The number of hydrogen-bond donors (Lipinski definition) is 2. The summed E-state index contributed by atoms with van der Waals surface area (Å²) in [5.74, 6) is 0.667. The van der Waals surface area contributed by atoms with Gasteiger partial charge < -0.3 is 10.4 Å². The third-order valence-corrected chi connectivity index (χ3v) is 3.99. The lowest BCUT2D eigenvalue weighted by molar-refractivity contribution is 0.0930. The Kier molecular flexibility index (Phi) is 4.46. The van der Waals surface area contributed by atoms with Crippen LogP contribution in [0.5, 0.6) is 5.75 Å². The summed E-state index contributed by atoms with van der Waals surface area (Å²) in [7, 11) is 0. The fraction of sp³-hybridized carbons (Fsp3) is 0.562. The predicted molar refractivity (Wildman–Crippen MR) is 76.3 cm³/mol. The third-order valence-electron chi connectivity index (χ3n) is 3.99. The minimum Gasteiger partial charge on any atom is -0.507 e. The number of nitrogens with one attached hydrogen (secondary N) is 1. The molecule has 0 radical (unpaired) electrons. The maximum atomic E-state index is 12.2. The number of phenolic OH excluding ortho intramolecular Hbond substituents is 1. The molecule has 0 heterocycles. The van der Waals surface area contributed by atoms with Crippen molar-refractivity contribution in [3.05, 3.63) is 29.3 Å². The molecule has 1 saturated carbocycles. The highest BCUT2D eigenvalue weighted by Crippen LogP contribution is 2.24. The minimum atomic E-state index is -0.152. The maximum absolute atomic E-state index is 12.2. The van der Waals surface area contributed by atoms with Gasteiger partial charge in [0.05, 0.1) is 5.56 Å². The highest BCUT2D eigenvalue weighted by Gasteiger charge is 2.19. The van der Waals surface area contributed by atoms with E-state index in [1.54, 1.807) is 18.2 Å². The molecule has 3 heteroatoms. The first-order valence-corrected chi connectivity index (χ1v) is 7.16. The SMILES string of the molecule is Cc1ccc(O)c(C(=O)NC2CCCC(C)CC2)c1. The van der Waals surface area contributed by atoms with Crippen molar-refractivity contribution >= 4 is 5.91 Å². The van der Waals surface area contributed by atoms with Crippen molar-refractivity contribution < 1.29 is 9.90 Å². The number of carbonyl (C=O) groups is 1. The molecule has 1 fully saturated rings. The third kappa shape index (κ3) is 3.72. The van der Waals surface area contributed by atoms with Gasteiger partial charge in [-0.05, 0) is 44.2 Å². The smallest absolute Gasteiger partial charge is 0.255 e. The lowest BCUT2D eigenvalue weighted by Crippen LogP contribution is -2.34. The zero-order valence-electron chi connectivity index (χ0n) is 11.8. The van der Waals surface area contributed by atoms with Crippen molar-refractivity contribution in [2.45, 2.75) is 52.0 Å². The van der Waals surface area contributed by atoms with E-state index in [-0.39, 0.29) is 17.7 Å². The van der Waals surface area contributed by atoms with Crippen molar-refractivity contribution in [1.82, 2.24) is 5.32 Å². The zero-order valence-corrected chi connectivity index (χ0v) is 11.8. The van der Waals surface area contributed by atoms with Gasteiger partial charge in [-0.15, -0.1) is 0 Å². The average molecular weight is 261 g/mol. The van der Waals surface area contributed by atoms with E-state index in [0.29, 0.717) is 5.56 Å². The van der Waals surface area contributed by atoms with E-state index in [1.165, 1.54) is 19.3 Å². The second kappa shape index (κ2) is 6.09. The summed E-state index contributed by atoms with van der Waals surface area (Å²) in [6.07, 6.45) is 5.68. The van der Waals surface area contributed by atoms with Crippen molar-refractivity contribution in [2.75, 3.05) is 0 Å². The van der Waals surface area contributed by atoms with Gasteiger partial charge in [-0.3, -0.25) is 4.79 Å². The van der Waals surface area contributed by atoms with E-state index >= 15 is 0 Å². The molecular weight excluding hydrogens is 238 g/mol. The molecule has 1 amide bonds. The van der Waals surface area contributed by atoms with Gasteiger partial charge in [-0.25, -0.2) is 0 Å². The van der Waals surface area contributed by atoms with Gasteiger partial charge in [0.25, 0.3) is 5.91 Å². The summed E-state index contributed by atoms with van der Waals surface area (Å²) < 4.78 is 0. The van der Waals surface area contributed by atoms with Gasteiger partial charge in [-0.1, -0.05) is 31.4 Å². The molecule has 1 aliphatic carbocycles. The van der Waals surface area contributed by atoms with E-state index < -0.39 is 0 Å². The Balaban J connectivity index is 2.02. The van der Waals surface area contributed by atoms with Crippen molar-refractivity contribution in [3.8, 4) is 5.75 Å². The molecule has 2 N–H and O–H groups in total. The first-order chi connectivity index (χ1) is 9.06. The summed E-state index contributed by atoms with van der Waals surface area (Å²) >= 11 is 0. The number of aromatic hydroxyl groups is 1. The largest absolute Gasteiger partial charge is 0.507 e. The summed E-state index contributed by atoms with van der Waals surface area (Å²) in [6, 6.07) is 5.38. The molecule has 1 aliphatic rings. The second-order valence-electron chi connectivity index (χ2n) is 5.80. The Labute approximate surface area is 115 Å². The van der Waals surface area contributed by atoms with E-state index in [0.717, 1.165) is 24.3 Å². The van der Waals surface area contributed by atoms with Crippen LogP contribution in [0.25, 0.3) is 0 Å². The monoisotopic (exact) mass is 261 g/mol. The van der Waals surface area contributed by atoms with Crippen LogP contribution < -0.4 is 5.32 Å². The number of rotatable bonds is 2. The standard InChI is InChI=1S/C16H23NO2/c1-11-4-3-5-13(8-6-11)17-16(19)14-10-12(2)7-9-15(14)18/h7,9-11,13,18H,3-6,8H2,1-2H3,(H,17,19). The normalized spacial score (nSPS) is 23.7. The lowest BCUT2D eigenvalue weighted by atomic mass is 10.0. The topological polar surface area (TPSA) is 49.3 Å². The molecule has 0 aliphatic heterocycles. The highest BCUT2D eigenvalue weighted by molar-refractivity contribution is 5.97. The van der Waals surface area contributed by atoms with Crippen LogP contribution in [-0.2, 0) is 0 Å². The molecular formula is C16H23NO2. The Morgan fingerprint density at radius 1 is 1.26 bits per heavy atom.